The number of urea groups is 1. The van der Waals surface area contributed by atoms with E-state index < -0.39 is 29.7 Å². The highest BCUT2D eigenvalue weighted by molar-refractivity contribution is 6.38. The number of carbonyl (C=O) groups is 4. The summed E-state index contributed by atoms with van der Waals surface area (Å²) in [5.74, 6) is -1.77. The number of hydrogen-bond donors (Lipinski definition) is 3. The first kappa shape index (κ1) is 31.5. The molecule has 0 bridgehead atoms. The molecule has 2 fully saturated rings. The van der Waals surface area contributed by atoms with Gasteiger partial charge in [0.15, 0.2) is 0 Å². The van der Waals surface area contributed by atoms with Crippen LogP contribution in [0.1, 0.15) is 32.3 Å². The fourth-order valence-electron chi connectivity index (χ4n) is 4.86. The molecule has 2 atom stereocenters. The molecule has 4 amide bonds. The molecule has 1 aromatic rings. The molecule has 2 saturated heterocycles. The lowest BCUT2D eigenvalue weighted by molar-refractivity contribution is -0.140. The van der Waals surface area contributed by atoms with Crippen molar-refractivity contribution in [2.75, 3.05) is 72.6 Å². The maximum atomic E-state index is 13.4. The number of likely N-dealkylation sites (N-methyl/N-ethyl adjacent to an activating group) is 1. The molecule has 3 rings (SSSR count). The molecule has 0 spiro atoms. The third kappa shape index (κ3) is 10.5. The zero-order valence-electron chi connectivity index (χ0n) is 24.2. The lowest BCUT2D eigenvalue weighted by atomic mass is 9.99. The number of ketones is 1. The first-order valence-corrected chi connectivity index (χ1v) is 14.4. The van der Waals surface area contributed by atoms with Crippen molar-refractivity contribution in [3.05, 3.63) is 35.9 Å². The quantitative estimate of drug-likeness (QED) is 0.238. The van der Waals surface area contributed by atoms with E-state index in [0.29, 0.717) is 39.3 Å². The summed E-state index contributed by atoms with van der Waals surface area (Å²) in [6, 6.07) is 7.04. The number of nitrogens with one attached hydrogen (secondary N) is 3. The fraction of sp³-hybridized carbons (Fsp3) is 0.655. The van der Waals surface area contributed by atoms with Crippen molar-refractivity contribution in [2.24, 2.45) is 5.92 Å². The number of benzene rings is 1. The molecule has 40 heavy (non-hydrogen) atoms. The molecule has 0 radical (unpaired) electrons. The molecule has 0 aromatic heterocycles. The average Bonchev–Trinajstić information content (AvgIpc) is 2.95. The highest BCUT2D eigenvalue weighted by Gasteiger charge is 2.31. The van der Waals surface area contributed by atoms with Gasteiger partial charge in [-0.2, -0.15) is 0 Å². The van der Waals surface area contributed by atoms with E-state index >= 15 is 0 Å². The predicted molar refractivity (Wildman–Crippen MR) is 153 cm³/mol. The molecular weight excluding hydrogens is 512 g/mol. The van der Waals surface area contributed by atoms with Crippen LogP contribution in [0.15, 0.2) is 30.3 Å². The van der Waals surface area contributed by atoms with E-state index in [1.807, 2.05) is 44.2 Å². The number of rotatable bonds is 13. The van der Waals surface area contributed by atoms with Gasteiger partial charge in [0.1, 0.15) is 12.1 Å². The molecule has 2 aliphatic rings. The zero-order chi connectivity index (χ0) is 28.9. The lowest BCUT2D eigenvalue weighted by Crippen LogP contribution is -2.57. The molecule has 1 aromatic carbocycles. The van der Waals surface area contributed by atoms with Crippen molar-refractivity contribution in [2.45, 2.75) is 45.2 Å². The first-order valence-electron chi connectivity index (χ1n) is 14.4. The second kappa shape index (κ2) is 16.3. The predicted octanol–water partition coefficient (Wildman–Crippen LogP) is 0.493. The van der Waals surface area contributed by atoms with Gasteiger partial charge in [-0.15, -0.1) is 0 Å². The van der Waals surface area contributed by atoms with Gasteiger partial charge in [0, 0.05) is 52.2 Å². The number of morpholine rings is 1. The van der Waals surface area contributed by atoms with Crippen LogP contribution in [0.5, 0.6) is 0 Å². The largest absolute Gasteiger partial charge is 0.378 e. The van der Waals surface area contributed by atoms with Crippen molar-refractivity contribution in [3.63, 3.8) is 0 Å². The highest BCUT2D eigenvalue weighted by atomic mass is 16.5. The van der Waals surface area contributed by atoms with Crippen LogP contribution >= 0.6 is 0 Å². The van der Waals surface area contributed by atoms with Crippen LogP contribution in [0.2, 0.25) is 0 Å². The minimum atomic E-state index is -1.05. The van der Waals surface area contributed by atoms with E-state index in [2.05, 4.69) is 32.8 Å². The number of ether oxygens (including phenoxy) is 1. The number of piperazine rings is 1. The Labute approximate surface area is 238 Å². The van der Waals surface area contributed by atoms with Gasteiger partial charge in [-0.1, -0.05) is 44.2 Å². The Kier molecular flexibility index (Phi) is 12.8. The summed E-state index contributed by atoms with van der Waals surface area (Å²) in [4.78, 5) is 58.7. The van der Waals surface area contributed by atoms with Gasteiger partial charge in [0.25, 0.3) is 5.91 Å². The van der Waals surface area contributed by atoms with Crippen LogP contribution in [-0.4, -0.2) is 123 Å². The van der Waals surface area contributed by atoms with Crippen molar-refractivity contribution >= 4 is 23.6 Å². The molecule has 0 saturated carbocycles. The Morgan fingerprint density at radius 1 is 0.900 bits per heavy atom. The summed E-state index contributed by atoms with van der Waals surface area (Å²) < 4.78 is 5.31. The molecule has 222 valence electrons. The van der Waals surface area contributed by atoms with Gasteiger partial charge in [-0.3, -0.25) is 14.4 Å². The van der Waals surface area contributed by atoms with Gasteiger partial charge in [0.05, 0.1) is 13.2 Å². The van der Waals surface area contributed by atoms with Crippen molar-refractivity contribution < 1.29 is 23.9 Å². The van der Waals surface area contributed by atoms with E-state index in [1.165, 1.54) is 0 Å². The molecule has 2 aliphatic heterocycles. The van der Waals surface area contributed by atoms with E-state index in [9.17, 15) is 19.2 Å². The van der Waals surface area contributed by atoms with Crippen LogP contribution in [0.4, 0.5) is 4.79 Å². The smallest absolute Gasteiger partial charge is 0.318 e. The van der Waals surface area contributed by atoms with Gasteiger partial charge < -0.3 is 35.4 Å². The average molecular weight is 559 g/mol. The van der Waals surface area contributed by atoms with Crippen molar-refractivity contribution in [3.8, 4) is 0 Å². The van der Waals surface area contributed by atoms with Crippen LogP contribution in [0.3, 0.4) is 0 Å². The molecule has 11 nitrogen and oxygen atoms in total. The molecule has 0 aliphatic carbocycles. The molecule has 0 unspecified atom stereocenters. The Morgan fingerprint density at radius 3 is 2.23 bits per heavy atom. The van der Waals surface area contributed by atoms with Crippen LogP contribution in [0.25, 0.3) is 0 Å². The third-order valence-electron chi connectivity index (χ3n) is 7.29. The Bertz CT molecular complexity index is 961. The van der Waals surface area contributed by atoms with Gasteiger partial charge in [-0.25, -0.2) is 4.79 Å². The normalized spacial score (nSPS) is 18.1. The second-order valence-electron chi connectivity index (χ2n) is 11.1. The second-order valence-corrected chi connectivity index (χ2v) is 11.1. The number of hydrogen-bond acceptors (Lipinski definition) is 7. The highest BCUT2D eigenvalue weighted by Crippen LogP contribution is 2.10. The lowest BCUT2D eigenvalue weighted by Gasteiger charge is -2.32. The number of Topliss-reactive ketones (excluding diaryl/α,β-unsaturated/α-hetero) is 1. The summed E-state index contributed by atoms with van der Waals surface area (Å²) in [5.41, 5.74) is 0.821. The summed E-state index contributed by atoms with van der Waals surface area (Å²) in [6.07, 6.45) is 1.31. The van der Waals surface area contributed by atoms with Crippen LogP contribution in [-0.2, 0) is 25.5 Å². The molecule has 3 N–H and O–H groups in total. The molecule has 2 heterocycles. The van der Waals surface area contributed by atoms with E-state index in [-0.39, 0.29) is 18.4 Å². The van der Waals surface area contributed by atoms with E-state index in [4.69, 9.17) is 4.74 Å². The fourth-order valence-corrected chi connectivity index (χ4v) is 4.86. The Morgan fingerprint density at radius 2 is 1.57 bits per heavy atom. The molecular formula is C29H46N6O5. The topological polar surface area (TPSA) is 123 Å². The van der Waals surface area contributed by atoms with Crippen LogP contribution < -0.4 is 16.0 Å². The van der Waals surface area contributed by atoms with Crippen molar-refractivity contribution in [1.82, 2.24) is 30.7 Å². The summed E-state index contributed by atoms with van der Waals surface area (Å²) in [7, 11) is 2.11. The minimum absolute atomic E-state index is 0.118. The summed E-state index contributed by atoms with van der Waals surface area (Å²) in [6.45, 7) is 11.0. The molecule has 11 heteroatoms. The Balaban J connectivity index is 1.60. The SMILES string of the molecule is CC(C)C[C@H](NC(=O)N1CCOCC1)C(=O)N[C@@H](Cc1ccccc1)C(=O)C(=O)NCCCN1CCN(C)CC1. The van der Waals surface area contributed by atoms with Gasteiger partial charge in [-0.05, 0) is 37.9 Å². The number of nitrogens with zero attached hydrogens (tertiary/aromatic N) is 3. The monoisotopic (exact) mass is 558 g/mol. The van der Waals surface area contributed by atoms with Gasteiger partial charge in [0.2, 0.25) is 11.7 Å². The minimum Gasteiger partial charge on any atom is -0.378 e. The van der Waals surface area contributed by atoms with E-state index in [1.54, 1.807) is 4.90 Å². The Hall–Kier alpha value is -3.02. The van der Waals surface area contributed by atoms with Crippen LogP contribution in [0, 0.1) is 5.92 Å². The maximum absolute atomic E-state index is 13.4. The van der Waals surface area contributed by atoms with Crippen molar-refractivity contribution in [1.29, 1.82) is 0 Å². The summed E-state index contributed by atoms with van der Waals surface area (Å²) in [5, 5.41) is 8.36. The maximum Gasteiger partial charge on any atom is 0.318 e. The first-order chi connectivity index (χ1) is 19.2. The third-order valence-corrected chi connectivity index (χ3v) is 7.29. The zero-order valence-corrected chi connectivity index (χ0v) is 24.2. The van der Waals surface area contributed by atoms with E-state index in [0.717, 1.165) is 44.7 Å². The number of carbonyl (C=O) groups excluding carboxylic acids is 4. The number of amides is 4. The van der Waals surface area contributed by atoms with Gasteiger partial charge >= 0.3 is 6.03 Å². The standard InChI is InChI=1S/C29H46N6O5/c1-22(2)20-25(32-29(39)35-16-18-40-19-17-35)27(37)31-24(21-23-8-5-4-6-9-23)26(36)28(38)30-10-7-11-34-14-12-33(3)13-15-34/h4-6,8-9,22,24-25H,7,10-21H2,1-3H3,(H,30,38)(H,31,37)(H,32,39)/t24-,25-/m0/s1. The summed E-state index contributed by atoms with van der Waals surface area (Å²) >= 11 is 0.